The Bertz CT molecular complexity index is 1340. The largest absolute Gasteiger partial charge is 0.375 e. The molecule has 4 rings (SSSR count). The summed E-state index contributed by atoms with van der Waals surface area (Å²) in [6.07, 6.45) is 11.7. The molecular formula is C37H50F2N4. The summed E-state index contributed by atoms with van der Waals surface area (Å²) in [4.78, 5) is 10.7. The molecule has 2 aromatic heterocycles. The second kappa shape index (κ2) is 18.7. The van der Waals surface area contributed by atoms with Crippen LogP contribution in [0, 0.1) is 6.92 Å². The Morgan fingerprint density at radius 1 is 0.907 bits per heavy atom. The van der Waals surface area contributed by atoms with Crippen molar-refractivity contribution in [3.05, 3.63) is 108 Å². The van der Waals surface area contributed by atoms with Gasteiger partial charge in [0, 0.05) is 61.7 Å². The highest BCUT2D eigenvalue weighted by atomic mass is 19.3. The summed E-state index contributed by atoms with van der Waals surface area (Å²) in [5.74, 6) is -2.10. The number of para-hydroxylation sites is 1. The number of pyridine rings is 2. The Morgan fingerprint density at radius 2 is 1.58 bits per heavy atom. The van der Waals surface area contributed by atoms with Gasteiger partial charge in [-0.3, -0.25) is 4.98 Å². The summed E-state index contributed by atoms with van der Waals surface area (Å²) in [6.45, 7) is 15.3. The van der Waals surface area contributed by atoms with Crippen molar-refractivity contribution in [2.75, 3.05) is 18.9 Å². The number of unbranched alkanes of at least 4 members (excludes halogenated alkanes) is 4. The molecule has 0 amide bonds. The van der Waals surface area contributed by atoms with Crippen LogP contribution in [0.25, 0.3) is 16.6 Å². The summed E-state index contributed by atoms with van der Waals surface area (Å²) in [5.41, 5.74) is 5.01. The zero-order chi connectivity index (χ0) is 31.7. The Labute approximate surface area is 258 Å². The van der Waals surface area contributed by atoms with E-state index < -0.39 is 5.92 Å². The molecular weight excluding hydrogens is 538 g/mol. The van der Waals surface area contributed by atoms with Crippen LogP contribution in [0.2, 0.25) is 0 Å². The number of hydrogen-bond donors (Lipinski definition) is 1. The Balaban J connectivity index is 0.000000378. The van der Waals surface area contributed by atoms with Crippen molar-refractivity contribution < 1.29 is 8.78 Å². The van der Waals surface area contributed by atoms with Crippen molar-refractivity contribution in [2.45, 2.75) is 85.6 Å². The first-order valence-electron chi connectivity index (χ1n) is 15.5. The number of nitrogens with one attached hydrogen (secondary N) is 1. The number of anilines is 1. The predicted molar refractivity (Wildman–Crippen MR) is 180 cm³/mol. The fraction of sp³-hybridized carbons (Fsp3) is 0.405. The normalized spacial score (nSPS) is 10.7. The molecule has 2 heterocycles. The number of fused-ring (bicyclic) bond motifs is 1. The summed E-state index contributed by atoms with van der Waals surface area (Å²) in [6, 6.07) is 20.3. The topological polar surface area (TPSA) is 41.1 Å². The maximum atomic E-state index is 13.4. The fourth-order valence-electron chi connectivity index (χ4n) is 4.41. The molecule has 0 spiro atoms. The van der Waals surface area contributed by atoms with Crippen LogP contribution in [0.15, 0.2) is 85.7 Å². The lowest BCUT2D eigenvalue weighted by Crippen LogP contribution is -2.17. The van der Waals surface area contributed by atoms with E-state index in [0.717, 1.165) is 53.4 Å². The van der Waals surface area contributed by atoms with Gasteiger partial charge in [0.15, 0.2) is 0 Å². The molecule has 4 nitrogen and oxygen atoms in total. The maximum absolute atomic E-state index is 13.4. The van der Waals surface area contributed by atoms with Crippen molar-refractivity contribution in [1.82, 2.24) is 14.9 Å². The lowest BCUT2D eigenvalue weighted by atomic mass is 10.1. The van der Waals surface area contributed by atoms with Crippen molar-refractivity contribution in [3.63, 3.8) is 0 Å². The predicted octanol–water partition coefficient (Wildman–Crippen LogP) is 10.6. The third-order valence-electron chi connectivity index (χ3n) is 7.00. The monoisotopic (exact) mass is 588 g/mol. The average Bonchev–Trinajstić information content (AvgIpc) is 3.00. The molecule has 4 aromatic rings. The number of hydrogen-bond acceptors (Lipinski definition) is 4. The van der Waals surface area contributed by atoms with Gasteiger partial charge in [-0.2, -0.15) is 0 Å². The zero-order valence-corrected chi connectivity index (χ0v) is 27.0. The first kappa shape index (κ1) is 35.4. The third-order valence-corrected chi connectivity index (χ3v) is 7.00. The molecule has 0 saturated heterocycles. The van der Waals surface area contributed by atoms with Crippen molar-refractivity contribution in [3.8, 4) is 0 Å². The van der Waals surface area contributed by atoms with Gasteiger partial charge in [0.25, 0.3) is 5.92 Å². The summed E-state index contributed by atoms with van der Waals surface area (Å²) >= 11 is 0. The molecule has 0 unspecified atom stereocenters. The second-order valence-corrected chi connectivity index (χ2v) is 11.0. The molecule has 1 N–H and O–H groups in total. The molecule has 0 aliphatic rings. The molecule has 2 aromatic carbocycles. The van der Waals surface area contributed by atoms with Gasteiger partial charge in [-0.25, -0.2) is 13.8 Å². The van der Waals surface area contributed by atoms with E-state index in [4.69, 9.17) is 4.98 Å². The van der Waals surface area contributed by atoms with Crippen LogP contribution in [0.4, 0.5) is 14.6 Å². The van der Waals surface area contributed by atoms with Gasteiger partial charge in [0.1, 0.15) is 5.82 Å². The minimum absolute atomic E-state index is 0.0163. The first-order chi connectivity index (χ1) is 20.6. The van der Waals surface area contributed by atoms with Crippen LogP contribution in [0.1, 0.15) is 88.5 Å². The van der Waals surface area contributed by atoms with Gasteiger partial charge in [-0.05, 0) is 42.7 Å². The van der Waals surface area contributed by atoms with Crippen molar-refractivity contribution in [1.29, 1.82) is 0 Å². The molecule has 0 aliphatic heterocycles. The third kappa shape index (κ3) is 12.5. The van der Waals surface area contributed by atoms with Crippen LogP contribution in [0.5, 0.6) is 0 Å². The molecule has 0 aliphatic carbocycles. The average molecular weight is 589 g/mol. The van der Waals surface area contributed by atoms with Gasteiger partial charge in [-0.1, -0.05) is 108 Å². The molecule has 43 heavy (non-hydrogen) atoms. The lowest BCUT2D eigenvalue weighted by molar-refractivity contribution is 0.0174. The molecule has 0 bridgehead atoms. The minimum Gasteiger partial charge on any atom is -0.375 e. The van der Waals surface area contributed by atoms with Crippen molar-refractivity contribution >= 4 is 22.4 Å². The number of alkyl halides is 2. The van der Waals surface area contributed by atoms with E-state index in [1.165, 1.54) is 49.8 Å². The van der Waals surface area contributed by atoms with Crippen LogP contribution in [-0.4, -0.2) is 28.5 Å². The van der Waals surface area contributed by atoms with Crippen molar-refractivity contribution in [2.24, 2.45) is 0 Å². The second-order valence-electron chi connectivity index (χ2n) is 11.0. The Hall–Kier alpha value is -3.80. The fourth-order valence-corrected chi connectivity index (χ4v) is 4.41. The summed E-state index contributed by atoms with van der Waals surface area (Å²) in [5, 5.41) is 4.38. The molecule has 0 fully saturated rings. The molecule has 0 atom stereocenters. The van der Waals surface area contributed by atoms with Crippen LogP contribution in [0.3, 0.4) is 0 Å². The zero-order valence-electron chi connectivity index (χ0n) is 27.0. The number of aryl methyl sites for hydroxylation is 1. The quantitative estimate of drug-likeness (QED) is 0.167. The van der Waals surface area contributed by atoms with E-state index in [1.807, 2.05) is 56.6 Å². The lowest BCUT2D eigenvalue weighted by Gasteiger charge is -2.23. The molecule has 6 heteroatoms. The maximum Gasteiger partial charge on any atom is 0.270 e. The van der Waals surface area contributed by atoms with E-state index >= 15 is 0 Å². The minimum atomic E-state index is -2.83. The molecule has 0 saturated carbocycles. The summed E-state index contributed by atoms with van der Waals surface area (Å²) in [7, 11) is 2.04. The van der Waals surface area contributed by atoms with E-state index in [1.54, 1.807) is 18.3 Å². The Kier molecular flexibility index (Phi) is 15.4. The SMILES string of the molecule is C=C(c1cc(NCc2ccc(C(C)(F)F)cc2)nc2ccccc12)N(C)CCC.CCCCCCC.Cc1cccnc1. The number of aromatic nitrogens is 2. The van der Waals surface area contributed by atoms with Gasteiger partial charge in [-0.15, -0.1) is 0 Å². The van der Waals surface area contributed by atoms with Crippen LogP contribution >= 0.6 is 0 Å². The number of nitrogens with zero attached hydrogens (tertiary/aromatic N) is 3. The molecule has 0 radical (unpaired) electrons. The number of benzene rings is 2. The van der Waals surface area contributed by atoms with Gasteiger partial charge < -0.3 is 10.2 Å². The highest BCUT2D eigenvalue weighted by Crippen LogP contribution is 2.29. The summed E-state index contributed by atoms with van der Waals surface area (Å²) < 4.78 is 26.8. The smallest absolute Gasteiger partial charge is 0.270 e. The van der Waals surface area contributed by atoms with E-state index in [0.29, 0.717) is 6.54 Å². The highest BCUT2D eigenvalue weighted by molar-refractivity contribution is 5.92. The standard InChI is InChI=1S/C24H27F2N3.C7H16.C6H7N/c1-5-14-29(4)17(2)21-15-23(28-22-9-7-6-8-20(21)22)27-16-18-10-12-19(13-11-18)24(3,25)26;1-3-5-7-6-4-2;1-6-3-2-4-7-5-6/h6-13,15H,2,5,14,16H2,1,3-4H3,(H,27,28);3-7H2,1-2H3;2-5H,1H3. The van der Waals surface area contributed by atoms with Crippen LogP contribution < -0.4 is 5.32 Å². The number of halogens is 2. The highest BCUT2D eigenvalue weighted by Gasteiger charge is 2.23. The molecule has 232 valence electrons. The van der Waals surface area contributed by atoms with E-state index in [2.05, 4.69) is 48.6 Å². The first-order valence-corrected chi connectivity index (χ1v) is 15.5. The van der Waals surface area contributed by atoms with E-state index in [9.17, 15) is 8.78 Å². The Morgan fingerprint density at radius 3 is 2.12 bits per heavy atom. The van der Waals surface area contributed by atoms with E-state index in [-0.39, 0.29) is 5.56 Å². The van der Waals surface area contributed by atoms with Gasteiger partial charge >= 0.3 is 0 Å². The van der Waals surface area contributed by atoms with Crippen LogP contribution in [-0.2, 0) is 12.5 Å². The number of rotatable bonds is 12. The van der Waals surface area contributed by atoms with Gasteiger partial charge in [0.05, 0.1) is 5.52 Å². The van der Waals surface area contributed by atoms with Gasteiger partial charge in [0.2, 0.25) is 0 Å².